The van der Waals surface area contributed by atoms with Crippen molar-refractivity contribution in [3.05, 3.63) is 108 Å². The quantitative estimate of drug-likeness (QED) is 0.390. The van der Waals surface area contributed by atoms with E-state index in [0.717, 1.165) is 16.8 Å². The topological polar surface area (TPSA) is 102 Å². The van der Waals surface area contributed by atoms with Crippen LogP contribution in [0.5, 0.6) is 0 Å². The Morgan fingerprint density at radius 1 is 1.03 bits per heavy atom. The molecule has 0 saturated carbocycles. The number of methoxy groups -OCH3 is 1. The van der Waals surface area contributed by atoms with Crippen molar-refractivity contribution in [3.63, 3.8) is 0 Å². The SMILES string of the molecule is COC(=O)Cc1cccc(C(Cc2ccc(-c3cnccn3)cc2)(c2ccc[nH]2)S(C)(=O)=O)c1. The summed E-state index contributed by atoms with van der Waals surface area (Å²) in [4.78, 5) is 23.4. The number of aromatic amines is 1. The molecule has 174 valence electrons. The zero-order valence-corrected chi connectivity index (χ0v) is 19.7. The first-order valence-electron chi connectivity index (χ1n) is 10.7. The molecule has 4 aromatic rings. The van der Waals surface area contributed by atoms with Crippen LogP contribution in [0.1, 0.15) is 22.4 Å². The lowest BCUT2D eigenvalue weighted by Gasteiger charge is -2.32. The number of benzene rings is 2. The summed E-state index contributed by atoms with van der Waals surface area (Å²) in [6.07, 6.45) is 8.14. The van der Waals surface area contributed by atoms with E-state index in [1.165, 1.54) is 13.4 Å². The lowest BCUT2D eigenvalue weighted by Crippen LogP contribution is -2.39. The minimum Gasteiger partial charge on any atom is -0.469 e. The van der Waals surface area contributed by atoms with E-state index in [1.54, 1.807) is 61.2 Å². The van der Waals surface area contributed by atoms with E-state index in [-0.39, 0.29) is 18.8 Å². The number of hydrogen-bond donors (Lipinski definition) is 1. The molecule has 0 fully saturated rings. The standard InChI is InChI=1S/C26H25N3O4S/c1-33-25(30)16-20-5-3-6-22(15-20)26(34(2,31)32,24-7-4-12-29-24)17-19-8-10-21(11-9-19)23-18-27-13-14-28-23/h3-15,18,29H,16-17H2,1-2H3. The van der Waals surface area contributed by atoms with Gasteiger partial charge in [0, 0.05) is 42.5 Å². The molecule has 1 unspecified atom stereocenters. The Bertz CT molecular complexity index is 1370. The first-order valence-corrected chi connectivity index (χ1v) is 12.6. The molecule has 0 amide bonds. The molecule has 34 heavy (non-hydrogen) atoms. The Morgan fingerprint density at radius 2 is 1.82 bits per heavy atom. The highest BCUT2D eigenvalue weighted by atomic mass is 32.2. The number of aromatic nitrogens is 3. The summed E-state index contributed by atoms with van der Waals surface area (Å²) in [7, 11) is -2.35. The van der Waals surface area contributed by atoms with Crippen LogP contribution in [0, 0.1) is 0 Å². The second kappa shape index (κ2) is 9.61. The van der Waals surface area contributed by atoms with Gasteiger partial charge in [-0.25, -0.2) is 8.42 Å². The molecule has 8 heteroatoms. The van der Waals surface area contributed by atoms with E-state index in [1.807, 2.05) is 24.3 Å². The maximum atomic E-state index is 13.5. The van der Waals surface area contributed by atoms with Gasteiger partial charge >= 0.3 is 5.97 Å². The van der Waals surface area contributed by atoms with E-state index in [2.05, 4.69) is 15.0 Å². The molecule has 0 aliphatic heterocycles. The van der Waals surface area contributed by atoms with Crippen LogP contribution >= 0.6 is 0 Å². The van der Waals surface area contributed by atoms with Gasteiger partial charge in [0.15, 0.2) is 9.84 Å². The summed E-state index contributed by atoms with van der Waals surface area (Å²) < 4.78 is 30.4. The van der Waals surface area contributed by atoms with Crippen molar-refractivity contribution in [1.82, 2.24) is 15.0 Å². The molecule has 2 aromatic carbocycles. The van der Waals surface area contributed by atoms with Gasteiger partial charge in [-0.1, -0.05) is 48.5 Å². The predicted octanol–water partition coefficient (Wildman–Crippen LogP) is 3.72. The van der Waals surface area contributed by atoms with E-state index < -0.39 is 14.6 Å². The molecule has 0 aliphatic rings. The van der Waals surface area contributed by atoms with Crippen LogP contribution in [0.25, 0.3) is 11.3 Å². The van der Waals surface area contributed by atoms with Gasteiger partial charge in [-0.15, -0.1) is 0 Å². The number of sulfone groups is 1. The Labute approximate surface area is 198 Å². The van der Waals surface area contributed by atoms with Crippen molar-refractivity contribution in [2.24, 2.45) is 0 Å². The average molecular weight is 476 g/mol. The molecule has 2 aromatic heterocycles. The van der Waals surface area contributed by atoms with Gasteiger partial charge in [0.2, 0.25) is 0 Å². The van der Waals surface area contributed by atoms with Crippen molar-refractivity contribution in [2.75, 3.05) is 13.4 Å². The fourth-order valence-electron chi connectivity index (χ4n) is 4.18. The number of nitrogens with zero attached hydrogens (tertiary/aromatic N) is 2. The summed E-state index contributed by atoms with van der Waals surface area (Å²) in [6, 6.07) is 18.3. The van der Waals surface area contributed by atoms with Crippen molar-refractivity contribution in [2.45, 2.75) is 17.6 Å². The van der Waals surface area contributed by atoms with Crippen LogP contribution in [0.3, 0.4) is 0 Å². The van der Waals surface area contributed by atoms with Gasteiger partial charge in [0.1, 0.15) is 4.75 Å². The molecule has 0 bridgehead atoms. The van der Waals surface area contributed by atoms with Crippen LogP contribution in [-0.4, -0.2) is 42.7 Å². The number of hydrogen-bond acceptors (Lipinski definition) is 6. The Kier molecular flexibility index (Phi) is 6.61. The minimum atomic E-state index is -3.68. The fraction of sp³-hybridized carbons (Fsp3) is 0.192. The normalized spacial score (nSPS) is 13.2. The fourth-order valence-corrected chi connectivity index (χ4v) is 5.69. The smallest absolute Gasteiger partial charge is 0.309 e. The monoisotopic (exact) mass is 475 g/mol. The molecular formula is C26H25N3O4S. The average Bonchev–Trinajstić information content (AvgIpc) is 3.38. The molecule has 1 N–H and O–H groups in total. The number of nitrogens with one attached hydrogen (secondary N) is 1. The summed E-state index contributed by atoms with van der Waals surface area (Å²) in [5, 5.41) is 0. The molecule has 0 radical (unpaired) electrons. The number of H-pyrrole nitrogens is 1. The molecule has 4 rings (SSSR count). The minimum absolute atomic E-state index is 0.0573. The van der Waals surface area contributed by atoms with Crippen molar-refractivity contribution >= 4 is 15.8 Å². The molecular weight excluding hydrogens is 450 g/mol. The van der Waals surface area contributed by atoms with Crippen LogP contribution in [0.2, 0.25) is 0 Å². The second-order valence-corrected chi connectivity index (χ2v) is 10.3. The Balaban J connectivity index is 1.81. The van der Waals surface area contributed by atoms with E-state index in [0.29, 0.717) is 16.8 Å². The summed E-state index contributed by atoms with van der Waals surface area (Å²) >= 11 is 0. The Morgan fingerprint density at radius 3 is 2.44 bits per heavy atom. The molecule has 1 atom stereocenters. The van der Waals surface area contributed by atoms with Crippen LogP contribution in [-0.2, 0) is 37.0 Å². The first-order chi connectivity index (χ1) is 16.3. The lowest BCUT2D eigenvalue weighted by atomic mass is 9.86. The van der Waals surface area contributed by atoms with Crippen LogP contribution < -0.4 is 0 Å². The largest absolute Gasteiger partial charge is 0.469 e. The van der Waals surface area contributed by atoms with E-state index in [9.17, 15) is 13.2 Å². The molecule has 7 nitrogen and oxygen atoms in total. The maximum absolute atomic E-state index is 13.5. The van der Waals surface area contributed by atoms with Gasteiger partial charge in [0.25, 0.3) is 0 Å². The van der Waals surface area contributed by atoms with Crippen molar-refractivity contribution in [1.29, 1.82) is 0 Å². The number of carbonyl (C=O) groups excluding carboxylic acids is 1. The zero-order chi connectivity index (χ0) is 24.2. The van der Waals surface area contributed by atoms with Gasteiger partial charge in [-0.05, 0) is 28.8 Å². The van der Waals surface area contributed by atoms with Crippen LogP contribution in [0.4, 0.5) is 0 Å². The Hall–Kier alpha value is -3.78. The highest BCUT2D eigenvalue weighted by Gasteiger charge is 2.45. The third kappa shape index (κ3) is 4.63. The molecule has 0 spiro atoms. The summed E-state index contributed by atoms with van der Waals surface area (Å²) in [5.74, 6) is -0.387. The van der Waals surface area contributed by atoms with Gasteiger partial charge < -0.3 is 9.72 Å². The number of esters is 1. The van der Waals surface area contributed by atoms with Crippen molar-refractivity contribution in [3.8, 4) is 11.3 Å². The predicted molar refractivity (Wildman–Crippen MR) is 130 cm³/mol. The highest BCUT2D eigenvalue weighted by molar-refractivity contribution is 7.91. The van der Waals surface area contributed by atoms with Gasteiger partial charge in [-0.3, -0.25) is 14.8 Å². The molecule has 2 heterocycles. The zero-order valence-electron chi connectivity index (χ0n) is 18.9. The van der Waals surface area contributed by atoms with E-state index in [4.69, 9.17) is 4.74 Å². The van der Waals surface area contributed by atoms with Crippen LogP contribution in [0.15, 0.2) is 85.5 Å². The number of carbonyl (C=O) groups is 1. The molecule has 0 saturated heterocycles. The molecule has 0 aliphatic carbocycles. The number of ether oxygens (including phenoxy) is 1. The van der Waals surface area contributed by atoms with Gasteiger partial charge in [-0.2, -0.15) is 0 Å². The first kappa shape index (κ1) is 23.4. The second-order valence-electron chi connectivity index (χ2n) is 8.10. The van der Waals surface area contributed by atoms with Crippen molar-refractivity contribution < 1.29 is 17.9 Å². The highest BCUT2D eigenvalue weighted by Crippen LogP contribution is 2.40. The third-order valence-electron chi connectivity index (χ3n) is 5.90. The number of rotatable bonds is 8. The maximum Gasteiger partial charge on any atom is 0.309 e. The summed E-state index contributed by atoms with van der Waals surface area (Å²) in [6.45, 7) is 0. The lowest BCUT2D eigenvalue weighted by molar-refractivity contribution is -0.139. The van der Waals surface area contributed by atoms with Gasteiger partial charge in [0.05, 0.1) is 25.4 Å². The third-order valence-corrected chi connectivity index (χ3v) is 7.77. The summed E-state index contributed by atoms with van der Waals surface area (Å²) in [5.41, 5.74) is 4.29. The van der Waals surface area contributed by atoms with E-state index >= 15 is 0 Å².